The molecular weight excluding hydrogens is 396 g/mol. The molecule has 0 N–H and O–H groups in total. The Hall–Kier alpha value is -2.05. The van der Waals surface area contributed by atoms with E-state index in [1.54, 1.807) is 16.4 Å². The van der Waals surface area contributed by atoms with Gasteiger partial charge in [0.25, 0.3) is 0 Å². The third-order valence-corrected chi connectivity index (χ3v) is 7.74. The number of aryl methyl sites for hydroxylation is 2. The Labute approximate surface area is 181 Å². The number of hydrogen-bond donors (Lipinski definition) is 0. The van der Waals surface area contributed by atoms with Crippen molar-refractivity contribution in [2.24, 2.45) is 0 Å². The van der Waals surface area contributed by atoms with E-state index in [2.05, 4.69) is 57.7 Å². The largest absolute Gasteiger partial charge is 0.492 e. The van der Waals surface area contributed by atoms with Gasteiger partial charge in [0.1, 0.15) is 10.6 Å². The van der Waals surface area contributed by atoms with E-state index in [4.69, 9.17) is 4.74 Å². The van der Waals surface area contributed by atoms with Crippen LogP contribution in [0.4, 0.5) is 5.69 Å². The lowest BCUT2D eigenvalue weighted by atomic mass is 9.87. The lowest BCUT2D eigenvalue weighted by Crippen LogP contribution is -2.48. The topological polar surface area (TPSA) is 49.9 Å². The number of hydrogen-bond acceptors (Lipinski definition) is 4. The minimum absolute atomic E-state index is 0.142. The van der Waals surface area contributed by atoms with Crippen LogP contribution >= 0.6 is 0 Å². The van der Waals surface area contributed by atoms with E-state index in [1.165, 1.54) is 11.1 Å². The van der Waals surface area contributed by atoms with Crippen molar-refractivity contribution in [2.75, 3.05) is 37.7 Å². The van der Waals surface area contributed by atoms with Crippen LogP contribution in [0.2, 0.25) is 0 Å². The Kier molecular flexibility index (Phi) is 6.48. The molecule has 2 aromatic rings. The van der Waals surface area contributed by atoms with Crippen LogP contribution in [0.25, 0.3) is 0 Å². The number of piperazine rings is 1. The van der Waals surface area contributed by atoms with Gasteiger partial charge in [-0.3, -0.25) is 0 Å². The Bertz CT molecular complexity index is 1000. The minimum Gasteiger partial charge on any atom is -0.492 e. The van der Waals surface area contributed by atoms with Crippen LogP contribution in [0.15, 0.2) is 41.3 Å². The van der Waals surface area contributed by atoms with E-state index in [0.29, 0.717) is 38.5 Å². The van der Waals surface area contributed by atoms with Gasteiger partial charge in [0.2, 0.25) is 10.0 Å². The maximum absolute atomic E-state index is 13.5. The van der Waals surface area contributed by atoms with Gasteiger partial charge in [-0.2, -0.15) is 4.31 Å². The molecule has 1 saturated heterocycles. The van der Waals surface area contributed by atoms with Crippen molar-refractivity contribution in [3.8, 4) is 5.75 Å². The predicted octanol–water partition coefficient (Wildman–Crippen LogP) is 4.51. The van der Waals surface area contributed by atoms with Gasteiger partial charge in [-0.05, 0) is 67.1 Å². The molecule has 5 nitrogen and oxygen atoms in total. The van der Waals surface area contributed by atoms with Crippen molar-refractivity contribution in [1.82, 2.24) is 4.31 Å². The molecule has 164 valence electrons. The summed E-state index contributed by atoms with van der Waals surface area (Å²) in [6, 6.07) is 12.0. The monoisotopic (exact) mass is 430 g/mol. The van der Waals surface area contributed by atoms with Crippen LogP contribution in [0.3, 0.4) is 0 Å². The molecule has 0 atom stereocenters. The Morgan fingerprint density at radius 1 is 0.933 bits per heavy atom. The Balaban J connectivity index is 1.85. The van der Waals surface area contributed by atoms with Crippen LogP contribution in [0.5, 0.6) is 5.75 Å². The third-order valence-electron chi connectivity index (χ3n) is 5.82. The van der Waals surface area contributed by atoms with Gasteiger partial charge >= 0.3 is 0 Å². The smallest absolute Gasteiger partial charge is 0.246 e. The van der Waals surface area contributed by atoms with Crippen molar-refractivity contribution in [2.45, 2.75) is 51.9 Å². The molecule has 0 aromatic heterocycles. The summed E-state index contributed by atoms with van der Waals surface area (Å²) in [4.78, 5) is 2.53. The van der Waals surface area contributed by atoms with E-state index < -0.39 is 10.0 Å². The van der Waals surface area contributed by atoms with Gasteiger partial charge in [-0.1, -0.05) is 32.9 Å². The first-order valence-electron chi connectivity index (χ1n) is 10.6. The van der Waals surface area contributed by atoms with Crippen molar-refractivity contribution in [3.05, 3.63) is 53.1 Å². The van der Waals surface area contributed by atoms with Gasteiger partial charge in [0, 0.05) is 31.9 Å². The molecule has 1 aliphatic rings. The molecule has 1 fully saturated rings. The molecule has 0 unspecified atom stereocenters. The summed E-state index contributed by atoms with van der Waals surface area (Å²) < 4.78 is 34.3. The highest BCUT2D eigenvalue weighted by Crippen LogP contribution is 2.33. The van der Waals surface area contributed by atoms with Crippen LogP contribution in [0, 0.1) is 13.8 Å². The second-order valence-corrected chi connectivity index (χ2v) is 10.9. The van der Waals surface area contributed by atoms with Crippen LogP contribution in [-0.4, -0.2) is 45.5 Å². The molecule has 0 radical (unpaired) electrons. The third kappa shape index (κ3) is 4.65. The molecule has 0 spiro atoms. The highest BCUT2D eigenvalue weighted by molar-refractivity contribution is 7.89. The van der Waals surface area contributed by atoms with Crippen LogP contribution in [-0.2, 0) is 15.4 Å². The maximum atomic E-state index is 13.5. The summed E-state index contributed by atoms with van der Waals surface area (Å²) in [6.45, 7) is 15.0. The highest BCUT2D eigenvalue weighted by Gasteiger charge is 2.32. The Morgan fingerprint density at radius 3 is 2.17 bits per heavy atom. The fourth-order valence-corrected chi connectivity index (χ4v) is 5.28. The lowest BCUT2D eigenvalue weighted by molar-refractivity contribution is 0.327. The standard InChI is InChI=1S/C24H34N2O3S/c1-7-29-22-11-9-20(24(4,5)6)17-23(22)30(27,28)26-14-12-25(13-15-26)21-10-8-18(2)19(3)16-21/h8-11,16-17H,7,12-15H2,1-6H3. The normalized spacial score (nSPS) is 16.0. The maximum Gasteiger partial charge on any atom is 0.246 e. The van der Waals surface area contributed by atoms with Gasteiger partial charge < -0.3 is 9.64 Å². The summed E-state index contributed by atoms with van der Waals surface area (Å²) in [7, 11) is -3.64. The number of benzene rings is 2. The number of sulfonamides is 1. The zero-order valence-electron chi connectivity index (χ0n) is 19.0. The molecule has 6 heteroatoms. The molecule has 0 aliphatic carbocycles. The van der Waals surface area contributed by atoms with Crippen molar-refractivity contribution in [1.29, 1.82) is 0 Å². The van der Waals surface area contributed by atoms with E-state index in [1.807, 2.05) is 13.0 Å². The molecule has 0 amide bonds. The summed E-state index contributed by atoms with van der Waals surface area (Å²) in [5.74, 6) is 0.432. The quantitative estimate of drug-likeness (QED) is 0.700. The van der Waals surface area contributed by atoms with E-state index in [0.717, 1.165) is 11.3 Å². The molecule has 0 bridgehead atoms. The van der Waals surface area contributed by atoms with Crippen molar-refractivity contribution < 1.29 is 13.2 Å². The molecular formula is C24H34N2O3S. The fraction of sp³-hybridized carbons (Fsp3) is 0.500. The first-order valence-corrected chi connectivity index (χ1v) is 12.1. The van der Waals surface area contributed by atoms with Crippen molar-refractivity contribution >= 4 is 15.7 Å². The van der Waals surface area contributed by atoms with Gasteiger partial charge in [-0.15, -0.1) is 0 Å². The molecule has 2 aromatic carbocycles. The van der Waals surface area contributed by atoms with Crippen molar-refractivity contribution in [3.63, 3.8) is 0 Å². The summed E-state index contributed by atoms with van der Waals surface area (Å²) in [6.07, 6.45) is 0. The second-order valence-electron chi connectivity index (χ2n) is 9.00. The number of anilines is 1. The van der Waals surface area contributed by atoms with Crippen LogP contribution < -0.4 is 9.64 Å². The summed E-state index contributed by atoms with van der Waals surface area (Å²) in [5, 5.41) is 0. The highest BCUT2D eigenvalue weighted by atomic mass is 32.2. The van der Waals surface area contributed by atoms with Crippen LogP contribution in [0.1, 0.15) is 44.4 Å². The summed E-state index contributed by atoms with van der Waals surface area (Å²) >= 11 is 0. The first-order chi connectivity index (χ1) is 14.0. The predicted molar refractivity (Wildman–Crippen MR) is 123 cm³/mol. The minimum atomic E-state index is -3.64. The molecule has 1 heterocycles. The van der Waals surface area contributed by atoms with E-state index in [-0.39, 0.29) is 10.3 Å². The second kappa shape index (κ2) is 8.60. The number of ether oxygens (including phenoxy) is 1. The fourth-order valence-electron chi connectivity index (χ4n) is 3.70. The van der Waals surface area contributed by atoms with Gasteiger partial charge in [-0.25, -0.2) is 8.42 Å². The van der Waals surface area contributed by atoms with E-state index in [9.17, 15) is 8.42 Å². The average molecular weight is 431 g/mol. The zero-order chi connectivity index (χ0) is 22.1. The zero-order valence-corrected chi connectivity index (χ0v) is 19.8. The molecule has 30 heavy (non-hydrogen) atoms. The van der Waals surface area contributed by atoms with E-state index >= 15 is 0 Å². The molecule has 1 aliphatic heterocycles. The number of rotatable bonds is 5. The summed E-state index contributed by atoms with van der Waals surface area (Å²) in [5.41, 5.74) is 4.51. The Morgan fingerprint density at radius 2 is 1.60 bits per heavy atom. The molecule has 0 saturated carbocycles. The number of nitrogens with zero attached hydrogens (tertiary/aromatic N) is 2. The van der Waals surface area contributed by atoms with Gasteiger partial charge in [0.05, 0.1) is 6.61 Å². The first kappa shape index (κ1) is 22.6. The lowest BCUT2D eigenvalue weighted by Gasteiger charge is -2.36. The SMILES string of the molecule is CCOc1ccc(C(C)(C)C)cc1S(=O)(=O)N1CCN(c2ccc(C)c(C)c2)CC1. The average Bonchev–Trinajstić information content (AvgIpc) is 2.70. The van der Waals surface area contributed by atoms with Gasteiger partial charge in [0.15, 0.2) is 0 Å². The molecule has 3 rings (SSSR count).